The minimum absolute atomic E-state index is 0.0517. The lowest BCUT2D eigenvalue weighted by atomic mass is 9.88. The molecule has 32 heavy (non-hydrogen) atoms. The number of carbonyl (C=O) groups is 2. The van der Waals surface area contributed by atoms with Crippen LogP contribution in [0.2, 0.25) is 0 Å². The minimum atomic E-state index is -3.68. The topological polar surface area (TPSA) is 83.6 Å². The van der Waals surface area contributed by atoms with Gasteiger partial charge in [0.25, 0.3) is 0 Å². The summed E-state index contributed by atoms with van der Waals surface area (Å²) in [6.45, 7) is 8.56. The van der Waals surface area contributed by atoms with Crippen LogP contribution in [0, 0.1) is 33.6 Å². The summed E-state index contributed by atoms with van der Waals surface area (Å²) in [5.41, 5.74) is 4.24. The van der Waals surface area contributed by atoms with E-state index in [2.05, 4.69) is 4.72 Å². The fourth-order valence-corrected chi connectivity index (χ4v) is 5.94. The van der Waals surface area contributed by atoms with Crippen molar-refractivity contribution in [2.24, 2.45) is 5.92 Å². The van der Waals surface area contributed by atoms with Crippen molar-refractivity contribution in [3.63, 3.8) is 0 Å². The Morgan fingerprint density at radius 1 is 0.938 bits per heavy atom. The van der Waals surface area contributed by atoms with Crippen molar-refractivity contribution in [1.29, 1.82) is 0 Å². The first kappa shape index (κ1) is 24.1. The molecule has 0 aromatic heterocycles. The van der Waals surface area contributed by atoms with E-state index in [1.807, 2.05) is 50.2 Å². The summed E-state index contributed by atoms with van der Waals surface area (Å²) in [7, 11) is -3.68. The molecule has 1 aliphatic heterocycles. The highest BCUT2D eigenvalue weighted by molar-refractivity contribution is 7.89. The Bertz CT molecular complexity index is 1080. The molecule has 0 bridgehead atoms. The second kappa shape index (κ2) is 9.96. The average Bonchev–Trinajstić information content (AvgIpc) is 2.72. The highest BCUT2D eigenvalue weighted by Gasteiger charge is 2.28. The molecule has 6 nitrogen and oxygen atoms in total. The van der Waals surface area contributed by atoms with Crippen molar-refractivity contribution in [3.8, 4) is 0 Å². The maximum Gasteiger partial charge on any atom is 0.241 e. The summed E-state index contributed by atoms with van der Waals surface area (Å²) in [6.07, 6.45) is 1.36. The predicted molar refractivity (Wildman–Crippen MR) is 125 cm³/mol. The number of hydrogen-bond donors (Lipinski definition) is 1. The van der Waals surface area contributed by atoms with Crippen LogP contribution in [0.5, 0.6) is 0 Å². The number of amides is 1. The van der Waals surface area contributed by atoms with Gasteiger partial charge >= 0.3 is 0 Å². The zero-order valence-corrected chi connectivity index (χ0v) is 20.1. The van der Waals surface area contributed by atoms with Gasteiger partial charge in [-0.05, 0) is 51.7 Å². The Morgan fingerprint density at radius 2 is 1.50 bits per heavy atom. The maximum atomic E-state index is 12.7. The lowest BCUT2D eigenvalue weighted by molar-refractivity contribution is -0.132. The smallest absolute Gasteiger partial charge is 0.241 e. The van der Waals surface area contributed by atoms with Crippen LogP contribution in [0.4, 0.5) is 0 Å². The lowest BCUT2D eigenvalue weighted by Crippen LogP contribution is -2.41. The summed E-state index contributed by atoms with van der Waals surface area (Å²) in [5, 5.41) is 0. The van der Waals surface area contributed by atoms with Crippen molar-refractivity contribution in [2.45, 2.75) is 51.9 Å². The van der Waals surface area contributed by atoms with Crippen LogP contribution in [0.1, 0.15) is 51.9 Å². The molecule has 0 spiro atoms. The van der Waals surface area contributed by atoms with Crippen molar-refractivity contribution in [2.75, 3.05) is 19.6 Å². The number of piperidine rings is 1. The van der Waals surface area contributed by atoms with E-state index in [0.29, 0.717) is 37.1 Å². The molecule has 0 aliphatic carbocycles. The molecule has 3 rings (SSSR count). The second-order valence-corrected chi connectivity index (χ2v) is 10.5. The van der Waals surface area contributed by atoms with E-state index in [-0.39, 0.29) is 35.5 Å². The molecule has 1 aliphatic rings. The van der Waals surface area contributed by atoms with E-state index in [0.717, 1.165) is 16.7 Å². The third-order valence-electron chi connectivity index (χ3n) is 6.06. The summed E-state index contributed by atoms with van der Waals surface area (Å²) >= 11 is 0. The van der Waals surface area contributed by atoms with Gasteiger partial charge in [0.15, 0.2) is 5.78 Å². The van der Waals surface area contributed by atoms with Gasteiger partial charge in [-0.1, -0.05) is 47.5 Å². The normalized spacial score (nSPS) is 15.1. The van der Waals surface area contributed by atoms with Crippen LogP contribution in [0.25, 0.3) is 0 Å². The molecule has 0 atom stereocenters. The van der Waals surface area contributed by atoms with Crippen LogP contribution in [-0.2, 0) is 14.8 Å². The van der Waals surface area contributed by atoms with Gasteiger partial charge in [0.05, 0.1) is 4.90 Å². The first-order valence-electron chi connectivity index (χ1n) is 11.0. The molecule has 1 heterocycles. The van der Waals surface area contributed by atoms with Gasteiger partial charge in [-0.25, -0.2) is 13.1 Å². The monoisotopic (exact) mass is 456 g/mol. The molecule has 1 N–H and O–H groups in total. The van der Waals surface area contributed by atoms with E-state index in [1.165, 1.54) is 0 Å². The van der Waals surface area contributed by atoms with Crippen LogP contribution in [0.3, 0.4) is 0 Å². The molecule has 1 fully saturated rings. The molecule has 0 radical (unpaired) electrons. The van der Waals surface area contributed by atoms with E-state index in [9.17, 15) is 18.0 Å². The molecule has 7 heteroatoms. The highest BCUT2D eigenvalue weighted by Crippen LogP contribution is 2.23. The quantitative estimate of drug-likeness (QED) is 0.644. The van der Waals surface area contributed by atoms with Gasteiger partial charge in [0.2, 0.25) is 15.9 Å². The molecule has 172 valence electrons. The summed E-state index contributed by atoms with van der Waals surface area (Å²) in [5.74, 6) is -0.0345. The van der Waals surface area contributed by atoms with Crippen molar-refractivity contribution < 1.29 is 18.0 Å². The Balaban J connectivity index is 1.50. The van der Waals surface area contributed by atoms with E-state index in [4.69, 9.17) is 0 Å². The summed E-state index contributed by atoms with van der Waals surface area (Å²) in [6, 6.07) is 11.3. The van der Waals surface area contributed by atoms with Crippen molar-refractivity contribution in [1.82, 2.24) is 9.62 Å². The molecule has 0 saturated carbocycles. The molecule has 2 aromatic carbocycles. The number of sulfonamides is 1. The van der Waals surface area contributed by atoms with E-state index >= 15 is 0 Å². The Morgan fingerprint density at radius 3 is 2.06 bits per heavy atom. The zero-order chi connectivity index (χ0) is 23.5. The average molecular weight is 457 g/mol. The highest BCUT2D eigenvalue weighted by atomic mass is 32.2. The summed E-state index contributed by atoms with van der Waals surface area (Å²) < 4.78 is 28.1. The maximum absolute atomic E-state index is 12.7. The first-order chi connectivity index (χ1) is 15.1. The first-order valence-corrected chi connectivity index (χ1v) is 12.5. The Kier molecular flexibility index (Phi) is 7.51. The number of aryl methyl sites for hydroxylation is 4. The Labute approximate surface area is 191 Å². The third kappa shape index (κ3) is 5.64. The van der Waals surface area contributed by atoms with Crippen LogP contribution in [-0.4, -0.2) is 44.6 Å². The van der Waals surface area contributed by atoms with Crippen LogP contribution in [0.15, 0.2) is 41.3 Å². The molecule has 1 saturated heterocycles. The number of benzene rings is 2. The number of Topliss-reactive ketones (excluding diaryl/α,β-unsaturated/α-hetero) is 1. The van der Waals surface area contributed by atoms with Gasteiger partial charge in [0, 0.05) is 37.5 Å². The fourth-order valence-electron chi connectivity index (χ4n) is 4.46. The standard InChI is InChI=1S/C25H32N2O4S/c1-17-5-7-21(8-6-17)24(29)22-10-13-27(14-11-22)23(28)9-12-26-32(30,31)25-19(3)15-18(2)16-20(25)4/h5-8,15-16,22,26H,9-14H2,1-4H3. The molecule has 2 aromatic rings. The second-order valence-electron chi connectivity index (χ2n) is 8.76. The van der Waals surface area contributed by atoms with Crippen molar-refractivity contribution >= 4 is 21.7 Å². The Hall–Kier alpha value is -2.51. The SMILES string of the molecule is Cc1ccc(C(=O)C2CCN(C(=O)CCNS(=O)(=O)c3c(C)cc(C)cc3C)CC2)cc1. The van der Waals surface area contributed by atoms with E-state index < -0.39 is 10.0 Å². The fraction of sp³-hybridized carbons (Fsp3) is 0.440. The number of hydrogen-bond acceptors (Lipinski definition) is 4. The van der Waals surface area contributed by atoms with Crippen LogP contribution >= 0.6 is 0 Å². The molecule has 1 amide bonds. The number of likely N-dealkylation sites (tertiary alicyclic amines) is 1. The van der Waals surface area contributed by atoms with Crippen LogP contribution < -0.4 is 4.72 Å². The molecule has 0 unspecified atom stereocenters. The van der Waals surface area contributed by atoms with Gasteiger partial charge in [0.1, 0.15) is 0 Å². The van der Waals surface area contributed by atoms with Gasteiger partial charge in [-0.3, -0.25) is 9.59 Å². The number of nitrogens with one attached hydrogen (secondary N) is 1. The number of carbonyl (C=O) groups excluding carboxylic acids is 2. The van der Waals surface area contributed by atoms with E-state index in [1.54, 1.807) is 18.7 Å². The predicted octanol–water partition coefficient (Wildman–Crippen LogP) is 3.71. The van der Waals surface area contributed by atoms with Gasteiger partial charge in [-0.15, -0.1) is 0 Å². The summed E-state index contributed by atoms with van der Waals surface area (Å²) in [4.78, 5) is 27.3. The van der Waals surface area contributed by atoms with Gasteiger partial charge < -0.3 is 4.90 Å². The number of rotatable bonds is 7. The molecular formula is C25H32N2O4S. The number of ketones is 1. The number of nitrogens with zero attached hydrogens (tertiary/aromatic N) is 1. The lowest BCUT2D eigenvalue weighted by Gasteiger charge is -2.31. The van der Waals surface area contributed by atoms with Crippen molar-refractivity contribution in [3.05, 3.63) is 64.2 Å². The van der Waals surface area contributed by atoms with Gasteiger partial charge in [-0.2, -0.15) is 0 Å². The molecular weight excluding hydrogens is 424 g/mol. The largest absolute Gasteiger partial charge is 0.343 e. The minimum Gasteiger partial charge on any atom is -0.343 e. The zero-order valence-electron chi connectivity index (χ0n) is 19.3. The third-order valence-corrected chi connectivity index (χ3v) is 7.82.